The van der Waals surface area contributed by atoms with Crippen LogP contribution < -0.4 is 0 Å². The van der Waals surface area contributed by atoms with Gasteiger partial charge in [0.25, 0.3) is 0 Å². The van der Waals surface area contributed by atoms with Gasteiger partial charge < -0.3 is 4.74 Å². The highest BCUT2D eigenvalue weighted by atomic mass is 16.5. The predicted molar refractivity (Wildman–Crippen MR) is 51.9 cm³/mol. The average molecular weight is 166 g/mol. The highest BCUT2D eigenvalue weighted by Gasteiger charge is 2.18. The van der Waals surface area contributed by atoms with Gasteiger partial charge in [-0.05, 0) is 25.3 Å². The van der Waals surface area contributed by atoms with Crippen molar-refractivity contribution in [2.45, 2.75) is 33.1 Å². The maximum absolute atomic E-state index is 5.35. The Morgan fingerprint density at radius 3 is 2.67 bits per heavy atom. The summed E-state index contributed by atoms with van der Waals surface area (Å²) in [7, 11) is 1.77. The molecule has 1 atom stereocenters. The fourth-order valence-electron chi connectivity index (χ4n) is 1.87. The van der Waals surface area contributed by atoms with Gasteiger partial charge in [0.05, 0.1) is 12.9 Å². The molecule has 0 aliphatic heterocycles. The average Bonchev–Trinajstić information content (AvgIpc) is 2.16. The summed E-state index contributed by atoms with van der Waals surface area (Å²) >= 11 is 0. The molecule has 1 unspecified atom stereocenters. The Bertz CT molecular complexity index is 181. The topological polar surface area (TPSA) is 9.23 Å². The Hall–Kier alpha value is -0.720. The Labute approximate surface area is 75.1 Å². The van der Waals surface area contributed by atoms with E-state index in [1.165, 1.54) is 5.57 Å². The minimum Gasteiger partial charge on any atom is -0.501 e. The summed E-state index contributed by atoms with van der Waals surface area (Å²) in [6.07, 6.45) is 7.87. The lowest BCUT2D eigenvalue weighted by atomic mass is 9.88. The van der Waals surface area contributed by atoms with Crippen LogP contribution in [0.5, 0.6) is 0 Å². The number of rotatable bonds is 3. The van der Waals surface area contributed by atoms with E-state index in [1.54, 1.807) is 7.11 Å². The Morgan fingerprint density at radius 1 is 1.42 bits per heavy atom. The van der Waals surface area contributed by atoms with E-state index in [1.807, 2.05) is 0 Å². The smallest absolute Gasteiger partial charge is 0.0989 e. The number of hydrogen-bond donors (Lipinski definition) is 0. The van der Waals surface area contributed by atoms with Gasteiger partial charge >= 0.3 is 0 Å². The van der Waals surface area contributed by atoms with Crippen LogP contribution in [-0.2, 0) is 4.74 Å². The van der Waals surface area contributed by atoms with Crippen molar-refractivity contribution in [2.75, 3.05) is 7.11 Å². The first kappa shape index (κ1) is 9.37. The van der Waals surface area contributed by atoms with Crippen LogP contribution in [0.25, 0.3) is 0 Å². The van der Waals surface area contributed by atoms with Gasteiger partial charge in [-0.2, -0.15) is 0 Å². The van der Waals surface area contributed by atoms with E-state index < -0.39 is 0 Å². The molecule has 0 heterocycles. The number of ether oxygens (including phenoxy) is 1. The van der Waals surface area contributed by atoms with Crippen LogP contribution >= 0.6 is 0 Å². The molecule has 0 radical (unpaired) electrons. The van der Waals surface area contributed by atoms with Gasteiger partial charge in [-0.25, -0.2) is 0 Å². The highest BCUT2D eigenvalue weighted by molar-refractivity contribution is 5.23. The van der Waals surface area contributed by atoms with E-state index in [0.717, 1.165) is 25.0 Å². The summed E-state index contributed by atoms with van der Waals surface area (Å²) in [6.45, 7) is 4.43. The van der Waals surface area contributed by atoms with E-state index in [0.29, 0.717) is 5.92 Å². The second kappa shape index (κ2) is 4.34. The van der Waals surface area contributed by atoms with Crippen molar-refractivity contribution < 1.29 is 4.74 Å². The van der Waals surface area contributed by atoms with Gasteiger partial charge in [0.2, 0.25) is 0 Å². The Balaban J connectivity index is 2.74. The first-order valence-corrected chi connectivity index (χ1v) is 4.76. The van der Waals surface area contributed by atoms with Gasteiger partial charge in [-0.15, -0.1) is 0 Å². The van der Waals surface area contributed by atoms with Crippen LogP contribution in [-0.4, -0.2) is 7.11 Å². The predicted octanol–water partition coefficient (Wildman–Crippen LogP) is 3.28. The number of methoxy groups -OCH3 is 1. The molecule has 0 aromatic rings. The minimum absolute atomic E-state index is 0.550. The molecule has 0 spiro atoms. The second-order valence-corrected chi connectivity index (χ2v) is 3.14. The van der Waals surface area contributed by atoms with Crippen molar-refractivity contribution in [2.24, 2.45) is 5.92 Å². The molecule has 1 aliphatic rings. The monoisotopic (exact) mass is 166 g/mol. The van der Waals surface area contributed by atoms with Crippen molar-refractivity contribution in [3.8, 4) is 0 Å². The van der Waals surface area contributed by atoms with Crippen molar-refractivity contribution in [1.29, 1.82) is 0 Å². The summed E-state index contributed by atoms with van der Waals surface area (Å²) in [4.78, 5) is 0. The van der Waals surface area contributed by atoms with Gasteiger partial charge in [-0.3, -0.25) is 0 Å². The summed E-state index contributed by atoms with van der Waals surface area (Å²) < 4.78 is 5.35. The molecular weight excluding hydrogens is 148 g/mol. The SMILES string of the molecule is CCC1=CCC=C(OC)C1CC. The Morgan fingerprint density at radius 2 is 2.17 bits per heavy atom. The Kier molecular flexibility index (Phi) is 3.39. The largest absolute Gasteiger partial charge is 0.501 e. The van der Waals surface area contributed by atoms with Crippen LogP contribution in [0.2, 0.25) is 0 Å². The highest BCUT2D eigenvalue weighted by Crippen LogP contribution is 2.30. The van der Waals surface area contributed by atoms with Crippen molar-refractivity contribution in [3.05, 3.63) is 23.5 Å². The molecule has 12 heavy (non-hydrogen) atoms. The molecule has 68 valence electrons. The van der Waals surface area contributed by atoms with Gasteiger partial charge in [-0.1, -0.05) is 25.5 Å². The molecular formula is C11H18O. The third-order valence-electron chi connectivity index (χ3n) is 2.54. The fraction of sp³-hybridized carbons (Fsp3) is 0.636. The molecule has 0 fully saturated rings. The summed E-state index contributed by atoms with van der Waals surface area (Å²) in [5.41, 5.74) is 1.54. The first-order chi connectivity index (χ1) is 5.83. The maximum atomic E-state index is 5.35. The zero-order chi connectivity index (χ0) is 8.97. The summed E-state index contributed by atoms with van der Waals surface area (Å²) in [5.74, 6) is 1.71. The lowest BCUT2D eigenvalue weighted by Crippen LogP contribution is -2.11. The van der Waals surface area contributed by atoms with E-state index in [4.69, 9.17) is 4.74 Å². The second-order valence-electron chi connectivity index (χ2n) is 3.14. The van der Waals surface area contributed by atoms with E-state index >= 15 is 0 Å². The van der Waals surface area contributed by atoms with Crippen LogP contribution in [0.15, 0.2) is 23.5 Å². The molecule has 1 rings (SSSR count). The lowest BCUT2D eigenvalue weighted by molar-refractivity contribution is 0.245. The van der Waals surface area contributed by atoms with Crippen LogP contribution in [0.1, 0.15) is 33.1 Å². The number of allylic oxidation sites excluding steroid dienone is 3. The summed E-state index contributed by atoms with van der Waals surface area (Å²) in [6, 6.07) is 0. The third-order valence-corrected chi connectivity index (χ3v) is 2.54. The van der Waals surface area contributed by atoms with E-state index in [-0.39, 0.29) is 0 Å². The fourth-order valence-corrected chi connectivity index (χ4v) is 1.87. The first-order valence-electron chi connectivity index (χ1n) is 4.76. The molecule has 1 heteroatoms. The molecule has 0 aromatic heterocycles. The molecule has 0 N–H and O–H groups in total. The molecule has 0 amide bonds. The molecule has 0 bridgehead atoms. The summed E-state index contributed by atoms with van der Waals surface area (Å²) in [5, 5.41) is 0. The molecule has 0 aromatic carbocycles. The third kappa shape index (κ3) is 1.71. The van der Waals surface area contributed by atoms with Crippen LogP contribution in [0.4, 0.5) is 0 Å². The quantitative estimate of drug-likeness (QED) is 0.585. The van der Waals surface area contributed by atoms with Crippen molar-refractivity contribution >= 4 is 0 Å². The van der Waals surface area contributed by atoms with Gasteiger partial charge in [0.15, 0.2) is 0 Å². The molecule has 0 saturated heterocycles. The number of hydrogen-bond acceptors (Lipinski definition) is 1. The molecule has 1 nitrogen and oxygen atoms in total. The van der Waals surface area contributed by atoms with Gasteiger partial charge in [0, 0.05) is 5.92 Å². The van der Waals surface area contributed by atoms with Crippen molar-refractivity contribution in [3.63, 3.8) is 0 Å². The maximum Gasteiger partial charge on any atom is 0.0989 e. The van der Waals surface area contributed by atoms with E-state index in [9.17, 15) is 0 Å². The van der Waals surface area contributed by atoms with Crippen LogP contribution in [0, 0.1) is 5.92 Å². The zero-order valence-electron chi connectivity index (χ0n) is 8.26. The van der Waals surface area contributed by atoms with Crippen LogP contribution in [0.3, 0.4) is 0 Å². The zero-order valence-corrected chi connectivity index (χ0v) is 8.26. The van der Waals surface area contributed by atoms with Gasteiger partial charge in [0.1, 0.15) is 0 Å². The lowest BCUT2D eigenvalue weighted by Gasteiger charge is -2.23. The standard InChI is InChI=1S/C11H18O/c1-4-9-7-6-8-11(12-3)10(9)5-2/h7-8,10H,4-6H2,1-3H3. The minimum atomic E-state index is 0.550. The normalized spacial score (nSPS) is 23.1. The molecule has 1 aliphatic carbocycles. The molecule has 0 saturated carbocycles. The van der Waals surface area contributed by atoms with E-state index in [2.05, 4.69) is 26.0 Å². The van der Waals surface area contributed by atoms with Crippen molar-refractivity contribution in [1.82, 2.24) is 0 Å².